The Balaban J connectivity index is 1.49. The number of amides is 3. The number of allylic oxidation sites excluding steroid dienone is 2. The van der Waals surface area contributed by atoms with Crippen LogP contribution in [0.5, 0.6) is 0 Å². The van der Waals surface area contributed by atoms with Gasteiger partial charge >= 0.3 is 6.18 Å². The molecule has 1 saturated carbocycles. The second kappa shape index (κ2) is 5.69. The Morgan fingerprint density at radius 3 is 2.23 bits per heavy atom. The fourth-order valence-corrected chi connectivity index (χ4v) is 4.29. The number of alkyl halides is 3. The molecule has 26 heavy (non-hydrogen) atoms. The molecule has 136 valence electrons. The topological polar surface area (TPSA) is 66.5 Å². The Hall–Kier alpha value is -2.64. The van der Waals surface area contributed by atoms with Gasteiger partial charge in [0.1, 0.15) is 6.54 Å². The van der Waals surface area contributed by atoms with Crippen molar-refractivity contribution in [3.8, 4) is 0 Å². The Bertz CT molecular complexity index is 803. The van der Waals surface area contributed by atoms with E-state index in [0.29, 0.717) is 0 Å². The zero-order valence-electron chi connectivity index (χ0n) is 13.5. The molecule has 4 atom stereocenters. The van der Waals surface area contributed by atoms with E-state index in [0.717, 1.165) is 23.5 Å². The Labute approximate surface area is 146 Å². The first kappa shape index (κ1) is 16.8. The van der Waals surface area contributed by atoms with Crippen molar-refractivity contribution >= 4 is 23.4 Å². The third kappa shape index (κ3) is 2.51. The van der Waals surface area contributed by atoms with E-state index >= 15 is 0 Å². The summed E-state index contributed by atoms with van der Waals surface area (Å²) in [5.41, 5.74) is -1.38. The molecule has 0 radical (unpaired) electrons. The molecule has 2 fully saturated rings. The predicted octanol–water partition coefficient (Wildman–Crippen LogP) is 2.45. The van der Waals surface area contributed by atoms with Gasteiger partial charge in [0.2, 0.25) is 17.7 Å². The average Bonchev–Trinajstić information content (AvgIpc) is 3.24. The second-order valence-corrected chi connectivity index (χ2v) is 6.85. The first-order valence-corrected chi connectivity index (χ1v) is 8.27. The Kier molecular flexibility index (Phi) is 3.68. The number of anilines is 1. The number of carbonyl (C=O) groups excluding carboxylic acids is 3. The molecule has 1 aromatic carbocycles. The highest BCUT2D eigenvalue weighted by molar-refractivity contribution is 6.09. The van der Waals surface area contributed by atoms with Gasteiger partial charge in [-0.2, -0.15) is 13.2 Å². The van der Waals surface area contributed by atoms with Crippen molar-refractivity contribution < 1.29 is 27.6 Å². The number of carbonyl (C=O) groups is 3. The molecule has 1 N–H and O–H groups in total. The lowest BCUT2D eigenvalue weighted by Crippen LogP contribution is -2.39. The largest absolute Gasteiger partial charge is 0.418 e. The highest BCUT2D eigenvalue weighted by Crippen LogP contribution is 2.52. The minimum atomic E-state index is -4.62. The van der Waals surface area contributed by atoms with E-state index in [9.17, 15) is 27.6 Å². The first-order valence-electron chi connectivity index (χ1n) is 8.27. The van der Waals surface area contributed by atoms with E-state index in [4.69, 9.17) is 0 Å². The molecule has 2 bridgehead atoms. The number of rotatable bonds is 3. The van der Waals surface area contributed by atoms with Crippen molar-refractivity contribution in [1.82, 2.24) is 4.90 Å². The number of hydrogen-bond donors (Lipinski definition) is 1. The lowest BCUT2D eigenvalue weighted by molar-refractivity contribution is -0.143. The molecule has 1 heterocycles. The number of imide groups is 1. The summed E-state index contributed by atoms with van der Waals surface area (Å²) in [6, 6.07) is 4.57. The van der Waals surface area contributed by atoms with Gasteiger partial charge in [-0.05, 0) is 30.4 Å². The van der Waals surface area contributed by atoms with E-state index in [1.165, 1.54) is 12.1 Å². The number of nitrogens with one attached hydrogen (secondary N) is 1. The molecule has 1 saturated heterocycles. The molecule has 5 nitrogen and oxygen atoms in total. The van der Waals surface area contributed by atoms with Crippen LogP contribution in [0.15, 0.2) is 36.4 Å². The number of para-hydroxylation sites is 1. The van der Waals surface area contributed by atoms with Crippen molar-refractivity contribution in [1.29, 1.82) is 0 Å². The molecule has 1 aromatic rings. The summed E-state index contributed by atoms with van der Waals surface area (Å²) in [5.74, 6) is -2.49. The summed E-state index contributed by atoms with van der Waals surface area (Å²) < 4.78 is 39.0. The van der Waals surface area contributed by atoms with E-state index in [-0.39, 0.29) is 11.8 Å². The maximum Gasteiger partial charge on any atom is 0.418 e. The minimum absolute atomic E-state index is 0.0143. The molecule has 4 rings (SSSR count). The number of benzene rings is 1. The molecular weight excluding hydrogens is 349 g/mol. The molecule has 1 aliphatic heterocycles. The zero-order chi connectivity index (χ0) is 18.6. The Morgan fingerprint density at radius 2 is 1.65 bits per heavy atom. The maximum atomic E-state index is 13.0. The molecule has 0 aromatic heterocycles. The van der Waals surface area contributed by atoms with E-state index in [2.05, 4.69) is 5.32 Å². The van der Waals surface area contributed by atoms with E-state index in [1.807, 2.05) is 12.2 Å². The third-order valence-corrected chi connectivity index (χ3v) is 5.37. The van der Waals surface area contributed by atoms with Gasteiger partial charge in [-0.3, -0.25) is 19.3 Å². The van der Waals surface area contributed by atoms with Gasteiger partial charge < -0.3 is 5.32 Å². The number of hydrogen-bond acceptors (Lipinski definition) is 3. The smallest absolute Gasteiger partial charge is 0.324 e. The van der Waals surface area contributed by atoms with Gasteiger partial charge in [-0.25, -0.2) is 0 Å². The van der Waals surface area contributed by atoms with Crippen molar-refractivity contribution in [3.63, 3.8) is 0 Å². The van der Waals surface area contributed by atoms with Crippen LogP contribution in [-0.4, -0.2) is 29.2 Å². The maximum absolute atomic E-state index is 13.0. The summed E-state index contributed by atoms with van der Waals surface area (Å²) in [7, 11) is 0. The lowest BCUT2D eigenvalue weighted by Gasteiger charge is -2.18. The minimum Gasteiger partial charge on any atom is -0.324 e. The number of likely N-dealkylation sites (tertiary alicyclic amines) is 1. The predicted molar refractivity (Wildman–Crippen MR) is 84.5 cm³/mol. The number of fused-ring (bicyclic) bond motifs is 5. The molecule has 3 amide bonds. The van der Waals surface area contributed by atoms with Gasteiger partial charge in [0, 0.05) is 0 Å². The fourth-order valence-electron chi connectivity index (χ4n) is 4.29. The van der Waals surface area contributed by atoms with Crippen LogP contribution in [0.1, 0.15) is 12.0 Å². The van der Waals surface area contributed by atoms with Crippen LogP contribution >= 0.6 is 0 Å². The van der Waals surface area contributed by atoms with Crippen LogP contribution in [0.3, 0.4) is 0 Å². The summed E-state index contributed by atoms with van der Waals surface area (Å²) in [6.45, 7) is -0.573. The molecule has 0 unspecified atom stereocenters. The van der Waals surface area contributed by atoms with Gasteiger partial charge in [0.05, 0.1) is 23.1 Å². The van der Waals surface area contributed by atoms with E-state index in [1.54, 1.807) is 0 Å². The van der Waals surface area contributed by atoms with E-state index < -0.39 is 53.5 Å². The summed E-state index contributed by atoms with van der Waals surface area (Å²) in [6.07, 6.45) is 0.0111. The normalized spacial score (nSPS) is 29.4. The summed E-state index contributed by atoms with van der Waals surface area (Å²) in [4.78, 5) is 38.1. The highest BCUT2D eigenvalue weighted by Gasteiger charge is 2.59. The van der Waals surface area contributed by atoms with Gasteiger partial charge in [0.15, 0.2) is 0 Å². The van der Waals surface area contributed by atoms with Crippen molar-refractivity contribution in [2.24, 2.45) is 23.7 Å². The van der Waals surface area contributed by atoms with Gasteiger partial charge in [0.25, 0.3) is 0 Å². The fraction of sp³-hybridized carbons (Fsp3) is 0.389. The lowest BCUT2D eigenvalue weighted by atomic mass is 9.85. The van der Waals surface area contributed by atoms with Crippen LogP contribution in [0, 0.1) is 23.7 Å². The summed E-state index contributed by atoms with van der Waals surface area (Å²) >= 11 is 0. The van der Waals surface area contributed by atoms with Crippen LogP contribution in [-0.2, 0) is 20.6 Å². The standard InChI is InChI=1S/C18H15F3N2O3/c19-18(20,21)11-3-1-2-4-12(11)22-13(24)8-23-16(25)14-9-5-6-10(7-9)15(14)17(23)26/h1-6,9-10,14-15H,7-8H2,(H,22,24)/t9-,10-,14+,15+/m0/s1. The quantitative estimate of drug-likeness (QED) is 0.662. The molecule has 8 heteroatoms. The molecule has 3 aliphatic rings. The van der Waals surface area contributed by atoms with Crippen molar-refractivity contribution in [2.75, 3.05) is 11.9 Å². The van der Waals surface area contributed by atoms with Gasteiger partial charge in [-0.15, -0.1) is 0 Å². The molecular formula is C18H15F3N2O3. The van der Waals surface area contributed by atoms with Crippen LogP contribution < -0.4 is 5.32 Å². The third-order valence-electron chi connectivity index (χ3n) is 5.37. The van der Waals surface area contributed by atoms with Crippen molar-refractivity contribution in [2.45, 2.75) is 12.6 Å². The van der Waals surface area contributed by atoms with Crippen LogP contribution in [0.2, 0.25) is 0 Å². The monoisotopic (exact) mass is 364 g/mol. The van der Waals surface area contributed by atoms with Crippen LogP contribution in [0.25, 0.3) is 0 Å². The summed E-state index contributed by atoms with van der Waals surface area (Å²) in [5, 5.41) is 2.17. The highest BCUT2D eigenvalue weighted by atomic mass is 19.4. The Morgan fingerprint density at radius 1 is 1.08 bits per heavy atom. The SMILES string of the molecule is O=C(CN1C(=O)[C@H]2[C@H](C1=O)[C@H]1C=C[C@H]2C1)Nc1ccccc1C(F)(F)F. The number of nitrogens with zero attached hydrogens (tertiary/aromatic N) is 1. The van der Waals surface area contributed by atoms with Crippen LogP contribution in [0.4, 0.5) is 18.9 Å². The zero-order valence-corrected chi connectivity index (χ0v) is 13.5. The molecule has 2 aliphatic carbocycles. The van der Waals surface area contributed by atoms with Crippen molar-refractivity contribution in [3.05, 3.63) is 42.0 Å². The van der Waals surface area contributed by atoms with Gasteiger partial charge in [-0.1, -0.05) is 24.3 Å². The molecule has 0 spiro atoms. The average molecular weight is 364 g/mol. The first-order chi connectivity index (χ1) is 12.3. The number of halogens is 3. The second-order valence-electron chi connectivity index (χ2n) is 6.85.